The lowest BCUT2D eigenvalue weighted by Crippen LogP contribution is -3.32. The zero-order chi connectivity index (χ0) is 12.0. The molecule has 0 aromatic heterocycles. The molecule has 96 valence electrons. The van der Waals surface area contributed by atoms with Crippen molar-refractivity contribution in [1.29, 1.82) is 0 Å². The minimum absolute atomic E-state index is 0.796. The maximum absolute atomic E-state index is 2.56. The molecule has 17 heavy (non-hydrogen) atoms. The van der Waals surface area contributed by atoms with Crippen molar-refractivity contribution in [3.8, 4) is 0 Å². The highest BCUT2D eigenvalue weighted by Gasteiger charge is 2.50. The van der Waals surface area contributed by atoms with Crippen LogP contribution >= 0.6 is 0 Å². The largest absolute Gasteiger partial charge is 0.281 e. The fourth-order valence-electron chi connectivity index (χ4n) is 4.99. The molecule has 2 aliphatic heterocycles. The molecule has 3 rings (SSSR count). The van der Waals surface area contributed by atoms with Crippen molar-refractivity contribution in [2.24, 2.45) is 17.8 Å². The van der Waals surface area contributed by atoms with Crippen LogP contribution in [-0.4, -0.2) is 32.3 Å². The van der Waals surface area contributed by atoms with E-state index < -0.39 is 0 Å². The summed E-state index contributed by atoms with van der Waals surface area (Å²) in [6.45, 7) is 13.0. The third-order valence-electron chi connectivity index (χ3n) is 5.48. The van der Waals surface area contributed by atoms with Gasteiger partial charge in [-0.15, -0.1) is 0 Å². The SMILES string of the molecule is CC1=C[C@H](C)[C@@H](C2[NH+]3CCC[NH+]2CC3)[C@H](C)C1. The minimum atomic E-state index is 0.796. The Hall–Kier alpha value is -0.340. The van der Waals surface area contributed by atoms with Crippen LogP contribution < -0.4 is 9.80 Å². The van der Waals surface area contributed by atoms with Gasteiger partial charge in [0, 0.05) is 6.42 Å². The van der Waals surface area contributed by atoms with Crippen LogP contribution in [0.5, 0.6) is 0 Å². The Morgan fingerprint density at radius 1 is 1.06 bits per heavy atom. The molecule has 2 unspecified atom stereocenters. The quantitative estimate of drug-likeness (QED) is 0.581. The molecule has 0 aromatic carbocycles. The molecular formula is C15H28N2+2. The maximum Gasteiger partial charge on any atom is 0.217 e. The van der Waals surface area contributed by atoms with E-state index in [1.54, 1.807) is 5.57 Å². The van der Waals surface area contributed by atoms with Crippen LogP contribution in [0.15, 0.2) is 11.6 Å². The first-order chi connectivity index (χ1) is 8.16. The van der Waals surface area contributed by atoms with Crippen molar-refractivity contribution in [3.63, 3.8) is 0 Å². The molecule has 2 saturated heterocycles. The van der Waals surface area contributed by atoms with E-state index in [4.69, 9.17) is 0 Å². The molecule has 2 heteroatoms. The van der Waals surface area contributed by atoms with Gasteiger partial charge in [0.1, 0.15) is 13.1 Å². The highest BCUT2D eigenvalue weighted by molar-refractivity contribution is 5.08. The Kier molecular flexibility index (Phi) is 3.04. The Labute approximate surface area is 106 Å². The van der Waals surface area contributed by atoms with Crippen LogP contribution in [0.4, 0.5) is 0 Å². The van der Waals surface area contributed by atoms with E-state index in [0.29, 0.717) is 0 Å². The van der Waals surface area contributed by atoms with Crippen molar-refractivity contribution in [2.45, 2.75) is 39.8 Å². The highest BCUT2D eigenvalue weighted by Crippen LogP contribution is 2.34. The van der Waals surface area contributed by atoms with Gasteiger partial charge in [-0.3, -0.25) is 9.80 Å². The number of rotatable bonds is 1. The van der Waals surface area contributed by atoms with Gasteiger partial charge in [0.2, 0.25) is 6.17 Å². The summed E-state index contributed by atoms with van der Waals surface area (Å²) in [5.74, 6) is 2.61. The van der Waals surface area contributed by atoms with Crippen molar-refractivity contribution < 1.29 is 9.80 Å². The standard InChI is InChI=1S/C15H26N2/c1-11-9-12(2)14(13(3)10-11)15-16-5-4-6-17(15)8-7-16/h9,12-15H,4-8,10H2,1-3H3/p+2/t12-,13+,14+/m0/s1. The van der Waals surface area contributed by atoms with E-state index in [1.807, 2.05) is 9.80 Å². The minimum Gasteiger partial charge on any atom is -0.281 e. The van der Waals surface area contributed by atoms with Crippen molar-refractivity contribution in [1.82, 2.24) is 0 Å². The molecule has 1 aliphatic carbocycles. The fraction of sp³-hybridized carbons (Fsp3) is 0.867. The zero-order valence-corrected chi connectivity index (χ0v) is 11.6. The van der Waals surface area contributed by atoms with Crippen LogP contribution in [0.25, 0.3) is 0 Å². The van der Waals surface area contributed by atoms with Gasteiger partial charge in [-0.25, -0.2) is 0 Å². The molecule has 0 spiro atoms. The first kappa shape index (κ1) is 11.7. The summed E-state index contributed by atoms with van der Waals surface area (Å²) in [7, 11) is 0. The molecule has 0 aromatic rings. The topological polar surface area (TPSA) is 8.88 Å². The second kappa shape index (κ2) is 4.40. The van der Waals surface area contributed by atoms with E-state index >= 15 is 0 Å². The molecule has 0 saturated carbocycles. The molecular weight excluding hydrogens is 208 g/mol. The third-order valence-corrected chi connectivity index (χ3v) is 5.48. The Bertz CT molecular complexity index is 307. The predicted molar refractivity (Wildman–Crippen MR) is 70.0 cm³/mol. The summed E-state index contributed by atoms with van der Waals surface area (Å²) in [6, 6.07) is 0. The second-order valence-corrected chi connectivity index (χ2v) is 6.78. The number of allylic oxidation sites excluding steroid dienone is 2. The van der Waals surface area contributed by atoms with Gasteiger partial charge in [-0.05, 0) is 25.2 Å². The van der Waals surface area contributed by atoms with Gasteiger partial charge < -0.3 is 0 Å². The Morgan fingerprint density at radius 3 is 2.29 bits per heavy atom. The summed E-state index contributed by atoms with van der Waals surface area (Å²) < 4.78 is 0. The molecule has 2 fully saturated rings. The lowest BCUT2D eigenvalue weighted by molar-refractivity contribution is -1.09. The van der Waals surface area contributed by atoms with E-state index in [1.165, 1.54) is 39.0 Å². The Morgan fingerprint density at radius 2 is 1.71 bits per heavy atom. The second-order valence-electron chi connectivity index (χ2n) is 6.78. The van der Waals surface area contributed by atoms with Crippen LogP contribution in [0.1, 0.15) is 33.6 Å². The number of nitrogens with one attached hydrogen (secondary N) is 2. The van der Waals surface area contributed by atoms with Crippen molar-refractivity contribution in [2.75, 3.05) is 26.2 Å². The molecule has 2 N–H and O–H groups in total. The summed E-state index contributed by atoms with van der Waals surface area (Å²) in [6.07, 6.45) is 6.26. The van der Waals surface area contributed by atoms with Crippen molar-refractivity contribution in [3.05, 3.63) is 11.6 Å². The number of hydrogen-bond acceptors (Lipinski definition) is 0. The summed E-state index contributed by atoms with van der Waals surface area (Å²) in [5.41, 5.74) is 1.62. The molecule has 2 heterocycles. The maximum atomic E-state index is 2.56. The van der Waals surface area contributed by atoms with Gasteiger partial charge in [0.05, 0.1) is 19.0 Å². The molecule has 0 radical (unpaired) electrons. The highest BCUT2D eigenvalue weighted by atomic mass is 15.4. The summed E-state index contributed by atoms with van der Waals surface area (Å²) >= 11 is 0. The predicted octanol–water partition coefficient (Wildman–Crippen LogP) is -0.262. The molecule has 0 amide bonds. The van der Waals surface area contributed by atoms with E-state index in [-0.39, 0.29) is 0 Å². The fourth-order valence-corrected chi connectivity index (χ4v) is 4.99. The van der Waals surface area contributed by atoms with Crippen LogP contribution in [0.3, 0.4) is 0 Å². The number of quaternary nitrogens is 2. The molecule has 3 aliphatic rings. The van der Waals surface area contributed by atoms with Gasteiger partial charge in [0.15, 0.2) is 0 Å². The normalized spacial score (nSPS) is 50.2. The van der Waals surface area contributed by atoms with E-state index in [9.17, 15) is 0 Å². The van der Waals surface area contributed by atoms with E-state index in [0.717, 1.165) is 23.9 Å². The van der Waals surface area contributed by atoms with Gasteiger partial charge in [-0.1, -0.05) is 25.5 Å². The summed E-state index contributed by atoms with van der Waals surface area (Å²) in [5, 5.41) is 0. The number of hydrogen-bond donors (Lipinski definition) is 2. The van der Waals surface area contributed by atoms with Crippen LogP contribution in [-0.2, 0) is 0 Å². The van der Waals surface area contributed by atoms with Crippen molar-refractivity contribution >= 4 is 0 Å². The average Bonchev–Trinajstić information content (AvgIpc) is 2.50. The van der Waals surface area contributed by atoms with Gasteiger partial charge >= 0.3 is 0 Å². The summed E-state index contributed by atoms with van der Waals surface area (Å²) in [4.78, 5) is 3.84. The van der Waals surface area contributed by atoms with Gasteiger partial charge in [-0.2, -0.15) is 0 Å². The molecule has 5 atom stereocenters. The lowest BCUT2D eigenvalue weighted by atomic mass is 9.72. The third kappa shape index (κ3) is 1.96. The van der Waals surface area contributed by atoms with Gasteiger partial charge in [0.25, 0.3) is 0 Å². The zero-order valence-electron chi connectivity index (χ0n) is 11.6. The van der Waals surface area contributed by atoms with E-state index in [2.05, 4.69) is 26.8 Å². The molecule has 2 bridgehead atoms. The lowest BCUT2D eigenvalue weighted by Gasteiger charge is -2.41. The smallest absolute Gasteiger partial charge is 0.217 e. The van der Waals surface area contributed by atoms with Crippen LogP contribution in [0.2, 0.25) is 0 Å². The first-order valence-electron chi connectivity index (χ1n) is 7.53. The average molecular weight is 236 g/mol. The Balaban J connectivity index is 1.84. The van der Waals surface area contributed by atoms with Crippen LogP contribution in [0, 0.1) is 17.8 Å². The number of fused-ring (bicyclic) bond motifs is 2. The monoisotopic (exact) mass is 236 g/mol. The first-order valence-corrected chi connectivity index (χ1v) is 7.53. The molecule has 2 nitrogen and oxygen atoms in total.